The fourth-order valence-corrected chi connectivity index (χ4v) is 3.85. The SMILES string of the molecule is O=C1NC(=O)N(c2ccc(Cl)c(Cl)c2)C(=O)/C1=C/c1ccccc1Cc1ccccc1Cl. The zero-order valence-electron chi connectivity index (χ0n) is 16.4. The lowest BCUT2D eigenvalue weighted by Gasteiger charge is -2.26. The normalized spacial score (nSPS) is 15.3. The highest BCUT2D eigenvalue weighted by molar-refractivity contribution is 6.43. The summed E-state index contributed by atoms with van der Waals surface area (Å²) >= 11 is 18.3. The van der Waals surface area contributed by atoms with Crippen molar-refractivity contribution in [1.82, 2.24) is 5.32 Å². The molecule has 1 heterocycles. The van der Waals surface area contributed by atoms with Gasteiger partial charge in [-0.05, 0) is 53.5 Å². The van der Waals surface area contributed by atoms with Crippen LogP contribution in [-0.2, 0) is 16.0 Å². The molecule has 4 rings (SSSR count). The van der Waals surface area contributed by atoms with Gasteiger partial charge in [-0.25, -0.2) is 9.69 Å². The molecule has 0 aliphatic carbocycles. The van der Waals surface area contributed by atoms with Crippen LogP contribution in [0.5, 0.6) is 0 Å². The Morgan fingerprint density at radius 2 is 1.47 bits per heavy atom. The van der Waals surface area contributed by atoms with E-state index in [-0.39, 0.29) is 21.3 Å². The number of imide groups is 2. The summed E-state index contributed by atoms with van der Waals surface area (Å²) < 4.78 is 0. The van der Waals surface area contributed by atoms with Crippen molar-refractivity contribution in [3.8, 4) is 0 Å². The van der Waals surface area contributed by atoms with Gasteiger partial charge >= 0.3 is 6.03 Å². The first-order chi connectivity index (χ1) is 15.3. The lowest BCUT2D eigenvalue weighted by molar-refractivity contribution is -0.122. The van der Waals surface area contributed by atoms with Crippen molar-refractivity contribution in [1.29, 1.82) is 0 Å². The molecule has 0 spiro atoms. The Morgan fingerprint density at radius 3 is 2.19 bits per heavy atom. The maximum absolute atomic E-state index is 13.1. The molecule has 32 heavy (non-hydrogen) atoms. The number of amides is 4. The molecule has 3 aromatic carbocycles. The summed E-state index contributed by atoms with van der Waals surface area (Å²) in [5, 5.41) is 3.28. The number of nitrogens with zero attached hydrogens (tertiary/aromatic N) is 1. The smallest absolute Gasteiger partial charge is 0.273 e. The Labute approximate surface area is 199 Å². The van der Waals surface area contributed by atoms with E-state index in [1.807, 2.05) is 30.3 Å². The number of halogens is 3. The van der Waals surface area contributed by atoms with Crippen LogP contribution < -0.4 is 10.2 Å². The highest BCUT2D eigenvalue weighted by Gasteiger charge is 2.37. The van der Waals surface area contributed by atoms with Gasteiger partial charge in [0.2, 0.25) is 0 Å². The minimum absolute atomic E-state index is 0.178. The molecule has 1 aliphatic rings. The van der Waals surface area contributed by atoms with Crippen LogP contribution in [0.2, 0.25) is 15.1 Å². The topological polar surface area (TPSA) is 66.5 Å². The van der Waals surface area contributed by atoms with Crippen molar-refractivity contribution in [2.75, 3.05) is 4.90 Å². The number of carbonyl (C=O) groups is 3. The fraction of sp³-hybridized carbons (Fsp3) is 0.0417. The number of nitrogens with one attached hydrogen (secondary N) is 1. The molecule has 0 saturated carbocycles. The highest BCUT2D eigenvalue weighted by atomic mass is 35.5. The minimum Gasteiger partial charge on any atom is -0.273 e. The molecule has 1 fully saturated rings. The van der Waals surface area contributed by atoms with Gasteiger partial charge in [-0.15, -0.1) is 0 Å². The molecule has 5 nitrogen and oxygen atoms in total. The molecule has 1 saturated heterocycles. The minimum atomic E-state index is -0.861. The second kappa shape index (κ2) is 9.17. The van der Waals surface area contributed by atoms with Crippen LogP contribution >= 0.6 is 34.8 Å². The molecule has 0 atom stereocenters. The number of benzene rings is 3. The van der Waals surface area contributed by atoms with Crippen LogP contribution in [0.4, 0.5) is 10.5 Å². The third-order valence-corrected chi connectivity index (χ3v) is 6.06. The van der Waals surface area contributed by atoms with Crippen LogP contribution in [0.25, 0.3) is 6.08 Å². The van der Waals surface area contributed by atoms with Crippen LogP contribution in [0.15, 0.2) is 72.3 Å². The second-order valence-corrected chi connectivity index (χ2v) is 8.24. The molecule has 1 N–H and O–H groups in total. The van der Waals surface area contributed by atoms with Crippen molar-refractivity contribution in [2.45, 2.75) is 6.42 Å². The summed E-state index contributed by atoms with van der Waals surface area (Å²) in [5.41, 5.74) is 2.46. The van der Waals surface area contributed by atoms with Gasteiger partial charge in [0.15, 0.2) is 0 Å². The first-order valence-corrected chi connectivity index (χ1v) is 10.7. The Bertz CT molecular complexity index is 1290. The van der Waals surface area contributed by atoms with Gasteiger partial charge in [0, 0.05) is 5.02 Å². The zero-order valence-corrected chi connectivity index (χ0v) is 18.7. The second-order valence-electron chi connectivity index (χ2n) is 7.02. The Morgan fingerprint density at radius 1 is 0.781 bits per heavy atom. The number of hydrogen-bond acceptors (Lipinski definition) is 3. The van der Waals surface area contributed by atoms with Crippen molar-refractivity contribution in [2.24, 2.45) is 0 Å². The molecule has 160 valence electrons. The predicted octanol–water partition coefficient (Wildman–Crippen LogP) is 5.90. The molecule has 0 unspecified atom stereocenters. The maximum atomic E-state index is 13.1. The van der Waals surface area contributed by atoms with Gasteiger partial charge in [-0.1, -0.05) is 77.3 Å². The first-order valence-electron chi connectivity index (χ1n) is 9.53. The number of carbonyl (C=O) groups excluding carboxylic acids is 3. The van der Waals surface area contributed by atoms with E-state index < -0.39 is 17.8 Å². The average molecular weight is 486 g/mol. The molecular formula is C24H15Cl3N2O3. The number of barbiturate groups is 1. The first kappa shape index (κ1) is 22.1. The maximum Gasteiger partial charge on any atom is 0.335 e. The van der Waals surface area contributed by atoms with Crippen molar-refractivity contribution in [3.05, 3.63) is 104 Å². The highest BCUT2D eigenvalue weighted by Crippen LogP contribution is 2.30. The third kappa shape index (κ3) is 4.41. The largest absolute Gasteiger partial charge is 0.335 e. The van der Waals surface area contributed by atoms with Crippen molar-refractivity contribution >= 4 is 64.4 Å². The van der Waals surface area contributed by atoms with Crippen molar-refractivity contribution < 1.29 is 14.4 Å². The van der Waals surface area contributed by atoms with E-state index in [0.717, 1.165) is 16.0 Å². The molecule has 0 bridgehead atoms. The Hall–Kier alpha value is -3.12. The Kier molecular flexibility index (Phi) is 6.33. The number of urea groups is 1. The predicted molar refractivity (Wildman–Crippen MR) is 126 cm³/mol. The van der Waals surface area contributed by atoms with Gasteiger partial charge in [0.1, 0.15) is 5.57 Å². The fourth-order valence-electron chi connectivity index (χ4n) is 3.35. The van der Waals surface area contributed by atoms with E-state index in [0.29, 0.717) is 17.0 Å². The van der Waals surface area contributed by atoms with E-state index in [9.17, 15) is 14.4 Å². The van der Waals surface area contributed by atoms with Gasteiger partial charge in [-0.3, -0.25) is 14.9 Å². The van der Waals surface area contributed by atoms with Gasteiger partial charge in [-0.2, -0.15) is 0 Å². The molecule has 1 aliphatic heterocycles. The summed E-state index contributed by atoms with van der Waals surface area (Å²) in [6.07, 6.45) is 1.98. The van der Waals surface area contributed by atoms with E-state index >= 15 is 0 Å². The molecular weight excluding hydrogens is 471 g/mol. The summed E-state index contributed by atoms with van der Waals surface area (Å²) in [7, 11) is 0. The van der Waals surface area contributed by atoms with Crippen LogP contribution in [-0.4, -0.2) is 17.8 Å². The summed E-state index contributed by atoms with van der Waals surface area (Å²) in [4.78, 5) is 38.9. The molecule has 0 aromatic heterocycles. The Balaban J connectivity index is 1.73. The molecule has 8 heteroatoms. The monoisotopic (exact) mass is 484 g/mol. The van der Waals surface area contributed by atoms with Crippen molar-refractivity contribution in [3.63, 3.8) is 0 Å². The lowest BCUT2D eigenvalue weighted by atomic mass is 9.97. The van der Waals surface area contributed by atoms with E-state index in [4.69, 9.17) is 34.8 Å². The van der Waals surface area contributed by atoms with Crippen LogP contribution in [0.1, 0.15) is 16.7 Å². The van der Waals surface area contributed by atoms with Gasteiger partial charge in [0.05, 0.1) is 15.7 Å². The van der Waals surface area contributed by atoms with Gasteiger partial charge < -0.3 is 0 Å². The van der Waals surface area contributed by atoms with Gasteiger partial charge in [0.25, 0.3) is 11.8 Å². The summed E-state index contributed by atoms with van der Waals surface area (Å²) in [6, 6.07) is 18.3. The van der Waals surface area contributed by atoms with E-state index in [2.05, 4.69) is 5.32 Å². The number of rotatable bonds is 4. The summed E-state index contributed by atoms with van der Waals surface area (Å²) in [5.74, 6) is -1.53. The molecule has 4 amide bonds. The quantitative estimate of drug-likeness (QED) is 0.369. The lowest BCUT2D eigenvalue weighted by Crippen LogP contribution is -2.54. The van der Waals surface area contributed by atoms with Crippen LogP contribution in [0.3, 0.4) is 0 Å². The standard InChI is InChI=1S/C24H15Cl3N2O3/c25-19-8-4-3-7-16(19)11-14-5-1-2-6-15(14)12-18-22(30)28-24(32)29(23(18)31)17-9-10-20(26)21(27)13-17/h1-10,12-13H,11H2,(H,28,30,32)/b18-12+. The van der Waals surface area contributed by atoms with E-state index in [1.54, 1.807) is 18.2 Å². The summed E-state index contributed by atoms with van der Waals surface area (Å²) in [6.45, 7) is 0. The number of hydrogen-bond donors (Lipinski definition) is 1. The van der Waals surface area contributed by atoms with Crippen LogP contribution in [0, 0.1) is 0 Å². The zero-order chi connectivity index (χ0) is 22.8. The average Bonchev–Trinajstić information content (AvgIpc) is 2.76. The molecule has 0 radical (unpaired) electrons. The molecule has 3 aromatic rings. The van der Waals surface area contributed by atoms with E-state index in [1.165, 1.54) is 24.3 Å². The third-order valence-electron chi connectivity index (χ3n) is 4.96. The number of anilines is 1.